The van der Waals surface area contributed by atoms with Crippen LogP contribution in [0.2, 0.25) is 0 Å². The average Bonchev–Trinajstić information content (AvgIpc) is 2.68. The van der Waals surface area contributed by atoms with E-state index in [0.717, 1.165) is 5.56 Å². The highest BCUT2D eigenvalue weighted by atomic mass is 32.2. The van der Waals surface area contributed by atoms with Crippen LogP contribution in [0.15, 0.2) is 53.4 Å². The largest absolute Gasteiger partial charge is 0.326 e. The Hall–Kier alpha value is -2.71. The molecule has 0 saturated heterocycles. The van der Waals surface area contributed by atoms with Crippen LogP contribution in [0.5, 0.6) is 0 Å². The molecule has 3 N–H and O–H groups in total. The molecule has 32 heavy (non-hydrogen) atoms. The van der Waals surface area contributed by atoms with Crippen molar-refractivity contribution in [2.75, 3.05) is 10.6 Å². The predicted molar refractivity (Wildman–Crippen MR) is 128 cm³/mol. The number of rotatable bonds is 10. The van der Waals surface area contributed by atoms with E-state index in [4.69, 9.17) is 0 Å². The molecule has 2 aromatic rings. The fourth-order valence-corrected chi connectivity index (χ4v) is 4.31. The van der Waals surface area contributed by atoms with Gasteiger partial charge in [0.2, 0.25) is 21.8 Å². The minimum Gasteiger partial charge on any atom is -0.326 e. The van der Waals surface area contributed by atoms with E-state index in [1.807, 2.05) is 34.6 Å². The highest BCUT2D eigenvalue weighted by Gasteiger charge is 2.26. The molecule has 0 aliphatic carbocycles. The summed E-state index contributed by atoms with van der Waals surface area (Å²) in [4.78, 5) is 24.9. The highest BCUT2D eigenvalue weighted by Crippen LogP contribution is 2.17. The lowest BCUT2D eigenvalue weighted by atomic mass is 10.0. The van der Waals surface area contributed by atoms with Gasteiger partial charge in [-0.3, -0.25) is 9.59 Å². The third-order valence-electron chi connectivity index (χ3n) is 4.68. The number of hydrogen-bond acceptors (Lipinski definition) is 4. The molecule has 174 valence electrons. The second-order valence-electron chi connectivity index (χ2n) is 8.83. The van der Waals surface area contributed by atoms with Gasteiger partial charge in [-0.1, -0.05) is 45.4 Å². The van der Waals surface area contributed by atoms with Crippen LogP contribution in [0.4, 0.5) is 11.4 Å². The van der Waals surface area contributed by atoms with Crippen molar-refractivity contribution in [3.05, 3.63) is 54.1 Å². The third kappa shape index (κ3) is 8.09. The molecular formula is C24H33N3O4S. The normalized spacial score (nSPS) is 12.6. The van der Waals surface area contributed by atoms with Gasteiger partial charge in [-0.2, -0.15) is 4.72 Å². The predicted octanol–water partition coefficient (Wildman–Crippen LogP) is 4.31. The lowest BCUT2D eigenvalue weighted by molar-refractivity contribution is -0.118. The summed E-state index contributed by atoms with van der Waals surface area (Å²) in [5, 5.41) is 5.58. The Morgan fingerprint density at radius 2 is 1.34 bits per heavy atom. The van der Waals surface area contributed by atoms with Crippen molar-refractivity contribution in [2.24, 2.45) is 11.8 Å². The minimum absolute atomic E-state index is 0.0701. The Morgan fingerprint density at radius 3 is 1.84 bits per heavy atom. The molecule has 0 aliphatic heterocycles. The molecule has 0 fully saturated rings. The molecule has 0 bridgehead atoms. The molecule has 0 aromatic heterocycles. The van der Waals surface area contributed by atoms with E-state index in [1.165, 1.54) is 12.1 Å². The number of hydrogen-bond donors (Lipinski definition) is 3. The van der Waals surface area contributed by atoms with Crippen LogP contribution < -0.4 is 15.4 Å². The number of benzene rings is 2. The third-order valence-corrected chi connectivity index (χ3v) is 6.17. The molecule has 7 nitrogen and oxygen atoms in total. The first kappa shape index (κ1) is 25.5. The summed E-state index contributed by atoms with van der Waals surface area (Å²) in [5.41, 5.74) is 2.09. The molecule has 0 saturated carbocycles. The highest BCUT2D eigenvalue weighted by molar-refractivity contribution is 7.89. The van der Waals surface area contributed by atoms with Crippen LogP contribution >= 0.6 is 0 Å². The molecule has 8 heteroatoms. The van der Waals surface area contributed by atoms with E-state index in [9.17, 15) is 18.0 Å². The molecule has 0 spiro atoms. The van der Waals surface area contributed by atoms with E-state index in [-0.39, 0.29) is 22.6 Å². The molecule has 1 unspecified atom stereocenters. The lowest BCUT2D eigenvalue weighted by Gasteiger charge is -2.20. The van der Waals surface area contributed by atoms with Gasteiger partial charge in [0.1, 0.15) is 6.04 Å². The van der Waals surface area contributed by atoms with Crippen LogP contribution in [-0.4, -0.2) is 26.3 Å². The Balaban J connectivity index is 2.09. The molecule has 0 aliphatic rings. The molecule has 2 aromatic carbocycles. The van der Waals surface area contributed by atoms with Gasteiger partial charge < -0.3 is 10.6 Å². The van der Waals surface area contributed by atoms with Gasteiger partial charge in [0.05, 0.1) is 4.90 Å². The Labute approximate surface area is 191 Å². The Bertz CT molecular complexity index is 1010. The number of aryl methyl sites for hydroxylation is 1. The molecule has 0 heterocycles. The van der Waals surface area contributed by atoms with Crippen molar-refractivity contribution in [1.82, 2.24) is 4.72 Å². The number of carbonyl (C=O) groups excluding carboxylic acids is 2. The number of amides is 2. The van der Waals surface area contributed by atoms with Gasteiger partial charge in [-0.15, -0.1) is 0 Å². The number of sulfonamides is 1. The SMILES string of the molecule is Cc1ccc(S(=O)(=O)NC(CC(C)C)C(=O)Nc2ccc(NC(=O)CC(C)C)cc2)cc1. The van der Waals surface area contributed by atoms with Gasteiger partial charge in [0.15, 0.2) is 0 Å². The number of anilines is 2. The summed E-state index contributed by atoms with van der Waals surface area (Å²) in [6, 6.07) is 12.3. The fraction of sp³-hybridized carbons (Fsp3) is 0.417. The zero-order valence-corrected chi connectivity index (χ0v) is 20.1. The summed E-state index contributed by atoms with van der Waals surface area (Å²) in [6.45, 7) is 9.67. The smallest absolute Gasteiger partial charge is 0.242 e. The van der Waals surface area contributed by atoms with Crippen molar-refractivity contribution in [2.45, 2.75) is 58.4 Å². The zero-order valence-electron chi connectivity index (χ0n) is 19.3. The van der Waals surface area contributed by atoms with Gasteiger partial charge in [0, 0.05) is 17.8 Å². The summed E-state index contributed by atoms with van der Waals surface area (Å²) in [5.74, 6) is -0.148. The summed E-state index contributed by atoms with van der Waals surface area (Å²) < 4.78 is 28.1. The minimum atomic E-state index is -3.85. The maximum atomic E-state index is 12.9. The van der Waals surface area contributed by atoms with E-state index < -0.39 is 22.0 Å². The topological polar surface area (TPSA) is 104 Å². The van der Waals surface area contributed by atoms with Gasteiger partial charge >= 0.3 is 0 Å². The summed E-state index contributed by atoms with van der Waals surface area (Å²) in [6.07, 6.45) is 0.775. The van der Waals surface area contributed by atoms with Crippen LogP contribution in [0.1, 0.15) is 46.1 Å². The van der Waals surface area contributed by atoms with E-state index in [0.29, 0.717) is 24.2 Å². The Morgan fingerprint density at radius 1 is 0.812 bits per heavy atom. The van der Waals surface area contributed by atoms with Gasteiger partial charge in [-0.25, -0.2) is 8.42 Å². The van der Waals surface area contributed by atoms with Gasteiger partial charge in [0.25, 0.3) is 0 Å². The quantitative estimate of drug-likeness (QED) is 0.492. The van der Waals surface area contributed by atoms with Crippen LogP contribution in [-0.2, 0) is 19.6 Å². The van der Waals surface area contributed by atoms with E-state index >= 15 is 0 Å². The maximum Gasteiger partial charge on any atom is 0.242 e. The molecule has 2 amide bonds. The average molecular weight is 460 g/mol. The van der Waals surface area contributed by atoms with Crippen molar-refractivity contribution in [3.8, 4) is 0 Å². The summed E-state index contributed by atoms with van der Waals surface area (Å²) in [7, 11) is -3.85. The first-order chi connectivity index (χ1) is 15.0. The standard InChI is InChI=1S/C24H33N3O4S/c1-16(2)14-22(27-32(30,31)21-12-6-18(5)7-13-21)24(29)26-20-10-8-19(9-11-20)25-23(28)15-17(3)4/h6-13,16-17,22,27H,14-15H2,1-5H3,(H,25,28)(H,26,29). The maximum absolute atomic E-state index is 12.9. The van der Waals surface area contributed by atoms with Gasteiger partial charge in [-0.05, 0) is 61.6 Å². The van der Waals surface area contributed by atoms with Crippen molar-refractivity contribution >= 4 is 33.2 Å². The lowest BCUT2D eigenvalue weighted by Crippen LogP contribution is -2.44. The fourth-order valence-electron chi connectivity index (χ4n) is 3.10. The second kappa shape index (κ2) is 11.2. The molecule has 2 rings (SSSR count). The molecule has 0 radical (unpaired) electrons. The van der Waals surface area contributed by atoms with Crippen LogP contribution in [0.25, 0.3) is 0 Å². The van der Waals surface area contributed by atoms with Crippen molar-refractivity contribution in [1.29, 1.82) is 0 Å². The van der Waals surface area contributed by atoms with Crippen molar-refractivity contribution < 1.29 is 18.0 Å². The Kier molecular flexibility index (Phi) is 8.98. The second-order valence-corrected chi connectivity index (χ2v) is 10.5. The summed E-state index contributed by atoms with van der Waals surface area (Å²) >= 11 is 0. The molecule has 1 atom stereocenters. The number of nitrogens with one attached hydrogen (secondary N) is 3. The van der Waals surface area contributed by atoms with Crippen molar-refractivity contribution in [3.63, 3.8) is 0 Å². The number of carbonyl (C=O) groups is 2. The zero-order chi connectivity index (χ0) is 23.9. The van der Waals surface area contributed by atoms with Crippen LogP contribution in [0, 0.1) is 18.8 Å². The monoisotopic (exact) mass is 459 g/mol. The first-order valence-electron chi connectivity index (χ1n) is 10.8. The first-order valence-corrected chi connectivity index (χ1v) is 12.2. The van der Waals surface area contributed by atoms with Crippen LogP contribution in [0.3, 0.4) is 0 Å². The van der Waals surface area contributed by atoms with E-state index in [1.54, 1.807) is 36.4 Å². The molecular weight excluding hydrogens is 426 g/mol. The van der Waals surface area contributed by atoms with E-state index in [2.05, 4.69) is 15.4 Å².